The zero-order valence-corrected chi connectivity index (χ0v) is 55.0. The summed E-state index contributed by atoms with van der Waals surface area (Å²) in [6, 6.07) is 0. The molecule has 478 valence electrons. The monoisotopic (exact) mass is 1150 g/mol. The first kappa shape index (κ1) is 79.1. The van der Waals surface area contributed by atoms with Crippen molar-refractivity contribution in [3.05, 3.63) is 60.8 Å². The normalized spacial score (nSPS) is 12.4. The molecule has 82 heavy (non-hydrogen) atoms. The molecular formula is C76H138O6. The number of ether oxygens (including phenoxy) is 3. The van der Waals surface area contributed by atoms with Gasteiger partial charge in [0.1, 0.15) is 13.2 Å². The van der Waals surface area contributed by atoms with Gasteiger partial charge in [0, 0.05) is 19.3 Å². The summed E-state index contributed by atoms with van der Waals surface area (Å²) < 4.78 is 17.0. The van der Waals surface area contributed by atoms with Gasteiger partial charge in [0.05, 0.1) is 0 Å². The highest BCUT2D eigenvalue weighted by atomic mass is 16.6. The van der Waals surface area contributed by atoms with Crippen molar-refractivity contribution in [3.63, 3.8) is 0 Å². The molecule has 0 N–H and O–H groups in total. The van der Waals surface area contributed by atoms with E-state index in [1.807, 2.05) is 0 Å². The first-order chi connectivity index (χ1) is 40.5. The van der Waals surface area contributed by atoms with E-state index in [9.17, 15) is 14.4 Å². The lowest BCUT2D eigenvalue weighted by molar-refractivity contribution is -0.167. The lowest BCUT2D eigenvalue weighted by Gasteiger charge is -2.18. The standard InChI is InChI=1S/C76H138O6/c1-4-7-10-13-16-19-22-25-27-29-31-32-33-34-35-36-37-38-39-40-41-42-43-44-46-47-49-51-54-57-60-63-66-69-75(78)81-72-73(71-80-74(77)68-65-62-59-56-53-24-21-18-15-12-9-6-3)82-76(79)70-67-64-61-58-55-52-50-48-45-30-28-26-23-20-17-14-11-8-5-2/h17-18,20-22,25-26,28-29,31,73H,4-16,19,23-24,27,30,32-72H2,1-3H3/b20-17-,21-18-,25-22-,28-26-,31-29-. The predicted octanol–water partition coefficient (Wildman–Crippen LogP) is 25.1. The van der Waals surface area contributed by atoms with Gasteiger partial charge >= 0.3 is 17.9 Å². The van der Waals surface area contributed by atoms with Crippen LogP contribution >= 0.6 is 0 Å². The molecule has 1 unspecified atom stereocenters. The van der Waals surface area contributed by atoms with E-state index >= 15 is 0 Å². The topological polar surface area (TPSA) is 78.9 Å². The number of unbranched alkanes of at least 4 members (excludes halogenated alkanes) is 46. The largest absolute Gasteiger partial charge is 0.462 e. The van der Waals surface area contributed by atoms with Crippen LogP contribution in [0.2, 0.25) is 0 Å². The molecule has 0 aliphatic carbocycles. The van der Waals surface area contributed by atoms with Crippen molar-refractivity contribution in [2.45, 2.75) is 393 Å². The molecule has 0 aromatic heterocycles. The van der Waals surface area contributed by atoms with Gasteiger partial charge in [-0.1, -0.05) is 319 Å². The van der Waals surface area contributed by atoms with Crippen molar-refractivity contribution in [2.75, 3.05) is 13.2 Å². The molecule has 0 fully saturated rings. The molecule has 0 bridgehead atoms. The molecule has 0 heterocycles. The first-order valence-electron chi connectivity index (χ1n) is 36.3. The average molecular weight is 1150 g/mol. The fraction of sp³-hybridized carbons (Fsp3) is 0.829. The molecule has 0 radical (unpaired) electrons. The van der Waals surface area contributed by atoms with Crippen LogP contribution in [0.5, 0.6) is 0 Å². The zero-order chi connectivity index (χ0) is 59.2. The van der Waals surface area contributed by atoms with Crippen molar-refractivity contribution in [3.8, 4) is 0 Å². The number of hydrogen-bond donors (Lipinski definition) is 0. The summed E-state index contributed by atoms with van der Waals surface area (Å²) >= 11 is 0. The Balaban J connectivity index is 4.12. The summed E-state index contributed by atoms with van der Waals surface area (Å²) in [6.07, 6.45) is 91.2. The lowest BCUT2D eigenvalue weighted by atomic mass is 10.0. The minimum absolute atomic E-state index is 0.0744. The number of rotatable bonds is 67. The smallest absolute Gasteiger partial charge is 0.306 e. The molecule has 0 aliphatic heterocycles. The van der Waals surface area contributed by atoms with Gasteiger partial charge in [0.15, 0.2) is 6.10 Å². The van der Waals surface area contributed by atoms with Crippen LogP contribution in [0.25, 0.3) is 0 Å². The maximum atomic E-state index is 12.9. The molecule has 1 atom stereocenters. The maximum absolute atomic E-state index is 12.9. The highest BCUT2D eigenvalue weighted by Crippen LogP contribution is 2.18. The fourth-order valence-corrected chi connectivity index (χ4v) is 10.7. The summed E-state index contributed by atoms with van der Waals surface area (Å²) in [6.45, 7) is 6.63. The number of carbonyl (C=O) groups is 3. The van der Waals surface area contributed by atoms with E-state index in [1.165, 1.54) is 270 Å². The second kappa shape index (κ2) is 70.6. The Bertz CT molecular complexity index is 1460. The molecule has 0 saturated carbocycles. The van der Waals surface area contributed by atoms with E-state index in [1.54, 1.807) is 0 Å². The number of carbonyl (C=O) groups excluding carboxylic acids is 3. The molecule has 0 saturated heterocycles. The third kappa shape index (κ3) is 67.9. The van der Waals surface area contributed by atoms with E-state index < -0.39 is 6.10 Å². The van der Waals surface area contributed by atoms with Crippen molar-refractivity contribution in [1.82, 2.24) is 0 Å². The predicted molar refractivity (Wildman–Crippen MR) is 358 cm³/mol. The van der Waals surface area contributed by atoms with Crippen LogP contribution in [0, 0.1) is 0 Å². The maximum Gasteiger partial charge on any atom is 0.306 e. The Morgan fingerprint density at radius 1 is 0.244 bits per heavy atom. The summed E-state index contributed by atoms with van der Waals surface area (Å²) in [7, 11) is 0. The van der Waals surface area contributed by atoms with E-state index in [0.717, 1.165) is 77.0 Å². The molecule has 0 aliphatic rings. The Morgan fingerprint density at radius 3 is 0.707 bits per heavy atom. The van der Waals surface area contributed by atoms with Crippen molar-refractivity contribution in [1.29, 1.82) is 0 Å². The van der Waals surface area contributed by atoms with Gasteiger partial charge in [-0.25, -0.2) is 0 Å². The minimum Gasteiger partial charge on any atom is -0.462 e. The Kier molecular flexibility index (Phi) is 68.1. The number of esters is 3. The molecular weight excluding hydrogens is 1010 g/mol. The molecule has 6 heteroatoms. The van der Waals surface area contributed by atoms with Crippen LogP contribution in [-0.2, 0) is 28.6 Å². The highest BCUT2D eigenvalue weighted by Gasteiger charge is 2.19. The Labute approximate surface area is 510 Å². The highest BCUT2D eigenvalue weighted by molar-refractivity contribution is 5.71. The quantitative estimate of drug-likeness (QED) is 0.0261. The van der Waals surface area contributed by atoms with Crippen molar-refractivity contribution < 1.29 is 28.6 Å². The van der Waals surface area contributed by atoms with Gasteiger partial charge in [-0.2, -0.15) is 0 Å². The molecule has 6 nitrogen and oxygen atoms in total. The van der Waals surface area contributed by atoms with Gasteiger partial charge in [-0.05, 0) is 109 Å². The van der Waals surface area contributed by atoms with Crippen LogP contribution in [0.1, 0.15) is 387 Å². The third-order valence-electron chi connectivity index (χ3n) is 16.2. The summed E-state index contributed by atoms with van der Waals surface area (Å²) in [5.74, 6) is -0.866. The zero-order valence-electron chi connectivity index (χ0n) is 55.0. The minimum atomic E-state index is -0.779. The fourth-order valence-electron chi connectivity index (χ4n) is 10.7. The molecule has 0 amide bonds. The SMILES string of the molecule is CCCCC/C=C\C/C=C\CCCCCCCCCCCC(=O)OC(COC(=O)CCCCCCC/C=C\CCCCC)COC(=O)CCCCCCCCCCCCCCCCCCCCCCC/C=C\C/C=C\CCCCCCC. The second-order valence-electron chi connectivity index (χ2n) is 24.5. The van der Waals surface area contributed by atoms with Crippen molar-refractivity contribution in [2.24, 2.45) is 0 Å². The van der Waals surface area contributed by atoms with Crippen LogP contribution in [0.15, 0.2) is 60.8 Å². The van der Waals surface area contributed by atoms with Gasteiger partial charge < -0.3 is 14.2 Å². The van der Waals surface area contributed by atoms with Crippen molar-refractivity contribution >= 4 is 17.9 Å². The summed E-state index contributed by atoms with van der Waals surface area (Å²) in [5, 5.41) is 0. The average Bonchev–Trinajstić information content (AvgIpc) is 3.47. The van der Waals surface area contributed by atoms with E-state index in [2.05, 4.69) is 81.5 Å². The van der Waals surface area contributed by atoms with E-state index in [0.29, 0.717) is 19.3 Å². The van der Waals surface area contributed by atoms with Crippen LogP contribution in [-0.4, -0.2) is 37.2 Å². The van der Waals surface area contributed by atoms with Crippen LogP contribution < -0.4 is 0 Å². The molecule has 0 aromatic rings. The number of hydrogen-bond acceptors (Lipinski definition) is 6. The lowest BCUT2D eigenvalue weighted by Crippen LogP contribution is -2.30. The number of allylic oxidation sites excluding steroid dienone is 10. The third-order valence-corrected chi connectivity index (χ3v) is 16.2. The summed E-state index contributed by atoms with van der Waals surface area (Å²) in [4.78, 5) is 38.4. The van der Waals surface area contributed by atoms with Gasteiger partial charge in [0.2, 0.25) is 0 Å². The molecule has 0 spiro atoms. The summed E-state index contributed by atoms with van der Waals surface area (Å²) in [5.41, 5.74) is 0. The second-order valence-corrected chi connectivity index (χ2v) is 24.5. The molecule has 0 rings (SSSR count). The Hall–Kier alpha value is -2.89. The van der Waals surface area contributed by atoms with Gasteiger partial charge in [-0.3, -0.25) is 14.4 Å². The van der Waals surface area contributed by atoms with E-state index in [-0.39, 0.29) is 31.1 Å². The van der Waals surface area contributed by atoms with Crippen LogP contribution in [0.4, 0.5) is 0 Å². The molecule has 0 aromatic carbocycles. The van der Waals surface area contributed by atoms with Gasteiger partial charge in [0.25, 0.3) is 0 Å². The van der Waals surface area contributed by atoms with Gasteiger partial charge in [-0.15, -0.1) is 0 Å². The van der Waals surface area contributed by atoms with E-state index in [4.69, 9.17) is 14.2 Å². The van der Waals surface area contributed by atoms with Crippen LogP contribution in [0.3, 0.4) is 0 Å². The Morgan fingerprint density at radius 2 is 0.439 bits per heavy atom. The first-order valence-corrected chi connectivity index (χ1v) is 36.3.